The molecule has 1 amide bonds. The number of para-hydroxylation sites is 1. The molecule has 3 rings (SSSR count). The molecule has 0 N–H and O–H groups in total. The summed E-state index contributed by atoms with van der Waals surface area (Å²) in [5.41, 5.74) is 2.31. The van der Waals surface area contributed by atoms with Gasteiger partial charge in [-0.25, -0.2) is 4.79 Å². The number of rotatable bonds is 8. The number of hydrogen-bond acceptors (Lipinski definition) is 5. The summed E-state index contributed by atoms with van der Waals surface area (Å²) in [5.74, 6) is -0.808. The van der Waals surface area contributed by atoms with Crippen molar-refractivity contribution in [3.63, 3.8) is 0 Å². The largest absolute Gasteiger partial charge is 0.450 e. The van der Waals surface area contributed by atoms with Crippen molar-refractivity contribution in [2.45, 2.75) is 13.5 Å². The first kappa shape index (κ1) is 19.6. The molecule has 1 aromatic heterocycles. The standard InChI is InChI=1S/C22H23NO5/c1-16-18-10-6-7-11-19(18)28-21(16)22(25)27-15-20(24)23(12-13-26-2)14-17-8-4-3-5-9-17/h3-11H,12-15H2,1-2H3. The van der Waals surface area contributed by atoms with Crippen LogP contribution < -0.4 is 0 Å². The van der Waals surface area contributed by atoms with Crippen LogP contribution in [-0.2, 0) is 20.8 Å². The van der Waals surface area contributed by atoms with Gasteiger partial charge in [0.1, 0.15) is 5.58 Å². The van der Waals surface area contributed by atoms with E-state index in [0.29, 0.717) is 30.8 Å². The predicted octanol–water partition coefficient (Wildman–Crippen LogP) is 3.57. The fourth-order valence-corrected chi connectivity index (χ4v) is 2.95. The molecule has 0 radical (unpaired) electrons. The summed E-state index contributed by atoms with van der Waals surface area (Å²) in [6.07, 6.45) is 0. The Morgan fingerprint density at radius 3 is 2.46 bits per heavy atom. The van der Waals surface area contributed by atoms with E-state index >= 15 is 0 Å². The van der Waals surface area contributed by atoms with Crippen LogP contribution in [0.2, 0.25) is 0 Å². The van der Waals surface area contributed by atoms with E-state index in [2.05, 4.69) is 0 Å². The minimum absolute atomic E-state index is 0.125. The number of benzene rings is 2. The fourth-order valence-electron chi connectivity index (χ4n) is 2.95. The molecule has 6 heteroatoms. The Labute approximate surface area is 163 Å². The van der Waals surface area contributed by atoms with Gasteiger partial charge in [0.25, 0.3) is 5.91 Å². The summed E-state index contributed by atoms with van der Waals surface area (Å²) in [5, 5.41) is 0.853. The molecule has 0 atom stereocenters. The Morgan fingerprint density at radius 2 is 1.75 bits per heavy atom. The minimum atomic E-state index is -0.645. The van der Waals surface area contributed by atoms with E-state index < -0.39 is 5.97 Å². The number of fused-ring (bicyclic) bond motifs is 1. The number of esters is 1. The number of carbonyl (C=O) groups excluding carboxylic acids is 2. The molecule has 0 spiro atoms. The molecule has 0 saturated heterocycles. The Kier molecular flexibility index (Phi) is 6.45. The maximum absolute atomic E-state index is 12.6. The normalized spacial score (nSPS) is 10.8. The first-order valence-corrected chi connectivity index (χ1v) is 9.06. The third-order valence-corrected chi connectivity index (χ3v) is 4.49. The molecule has 0 saturated carbocycles. The number of aryl methyl sites for hydroxylation is 1. The number of nitrogens with zero attached hydrogens (tertiary/aromatic N) is 1. The average Bonchev–Trinajstić information content (AvgIpc) is 3.06. The van der Waals surface area contributed by atoms with Gasteiger partial charge < -0.3 is 18.8 Å². The van der Waals surface area contributed by atoms with E-state index in [4.69, 9.17) is 13.9 Å². The second-order valence-electron chi connectivity index (χ2n) is 6.42. The van der Waals surface area contributed by atoms with Crippen molar-refractivity contribution >= 4 is 22.8 Å². The lowest BCUT2D eigenvalue weighted by Gasteiger charge is -2.22. The van der Waals surface area contributed by atoms with E-state index in [1.807, 2.05) is 48.5 Å². The highest BCUT2D eigenvalue weighted by molar-refractivity contribution is 5.96. The van der Waals surface area contributed by atoms with Crippen LogP contribution in [-0.4, -0.2) is 43.6 Å². The van der Waals surface area contributed by atoms with Crippen LogP contribution in [0.1, 0.15) is 21.7 Å². The highest BCUT2D eigenvalue weighted by Gasteiger charge is 2.21. The van der Waals surface area contributed by atoms with Crippen molar-refractivity contribution in [2.24, 2.45) is 0 Å². The van der Waals surface area contributed by atoms with Crippen LogP contribution in [0.4, 0.5) is 0 Å². The molecule has 6 nitrogen and oxygen atoms in total. The zero-order chi connectivity index (χ0) is 19.9. The molecule has 2 aromatic carbocycles. The third kappa shape index (κ3) is 4.58. The lowest BCUT2D eigenvalue weighted by atomic mass is 10.1. The SMILES string of the molecule is COCCN(Cc1ccccc1)C(=O)COC(=O)c1oc2ccccc2c1C. The quantitative estimate of drug-likeness (QED) is 0.558. The molecule has 1 heterocycles. The predicted molar refractivity (Wildman–Crippen MR) is 105 cm³/mol. The second kappa shape index (κ2) is 9.19. The summed E-state index contributed by atoms with van der Waals surface area (Å²) >= 11 is 0. The second-order valence-corrected chi connectivity index (χ2v) is 6.42. The van der Waals surface area contributed by atoms with Crippen molar-refractivity contribution in [3.8, 4) is 0 Å². The summed E-state index contributed by atoms with van der Waals surface area (Å²) in [6, 6.07) is 17.0. The molecule has 0 unspecified atom stereocenters. The van der Waals surface area contributed by atoms with Gasteiger partial charge in [-0.2, -0.15) is 0 Å². The van der Waals surface area contributed by atoms with Gasteiger partial charge in [-0.3, -0.25) is 4.79 Å². The number of carbonyl (C=O) groups is 2. The Balaban J connectivity index is 1.65. The Bertz CT molecular complexity index is 948. The van der Waals surface area contributed by atoms with E-state index in [1.54, 1.807) is 25.0 Å². The molecule has 0 aliphatic rings. The Morgan fingerprint density at radius 1 is 1.04 bits per heavy atom. The van der Waals surface area contributed by atoms with Gasteiger partial charge in [-0.05, 0) is 18.6 Å². The molecule has 0 aliphatic carbocycles. The fraction of sp³-hybridized carbons (Fsp3) is 0.273. The summed E-state index contributed by atoms with van der Waals surface area (Å²) in [7, 11) is 1.58. The zero-order valence-electron chi connectivity index (χ0n) is 16.0. The number of hydrogen-bond donors (Lipinski definition) is 0. The van der Waals surface area contributed by atoms with Crippen molar-refractivity contribution in [1.82, 2.24) is 4.90 Å². The molecule has 28 heavy (non-hydrogen) atoms. The van der Waals surface area contributed by atoms with Gasteiger partial charge in [-0.15, -0.1) is 0 Å². The molecule has 3 aromatic rings. The van der Waals surface area contributed by atoms with E-state index in [1.165, 1.54) is 0 Å². The van der Waals surface area contributed by atoms with Crippen LogP contribution in [0.15, 0.2) is 59.0 Å². The van der Waals surface area contributed by atoms with E-state index in [0.717, 1.165) is 10.9 Å². The van der Waals surface area contributed by atoms with Gasteiger partial charge in [0.15, 0.2) is 6.61 Å². The summed E-state index contributed by atoms with van der Waals surface area (Å²) < 4.78 is 15.9. The van der Waals surface area contributed by atoms with Crippen molar-refractivity contribution in [2.75, 3.05) is 26.9 Å². The topological polar surface area (TPSA) is 69.0 Å². The number of ether oxygens (including phenoxy) is 2. The third-order valence-electron chi connectivity index (χ3n) is 4.49. The van der Waals surface area contributed by atoms with E-state index in [9.17, 15) is 9.59 Å². The zero-order valence-corrected chi connectivity index (χ0v) is 16.0. The number of methoxy groups -OCH3 is 1. The van der Waals surface area contributed by atoms with Gasteiger partial charge in [-0.1, -0.05) is 48.5 Å². The summed E-state index contributed by atoms with van der Waals surface area (Å²) in [4.78, 5) is 26.6. The van der Waals surface area contributed by atoms with Crippen molar-refractivity contribution < 1.29 is 23.5 Å². The Hall–Kier alpha value is -3.12. The maximum Gasteiger partial charge on any atom is 0.375 e. The minimum Gasteiger partial charge on any atom is -0.450 e. The molecule has 0 bridgehead atoms. The van der Waals surface area contributed by atoms with Gasteiger partial charge in [0.05, 0.1) is 6.61 Å². The van der Waals surface area contributed by atoms with Crippen molar-refractivity contribution in [3.05, 3.63) is 71.5 Å². The van der Waals surface area contributed by atoms with Crippen LogP contribution in [0.3, 0.4) is 0 Å². The van der Waals surface area contributed by atoms with Gasteiger partial charge >= 0.3 is 5.97 Å². The lowest BCUT2D eigenvalue weighted by molar-refractivity contribution is -0.135. The molecular weight excluding hydrogens is 358 g/mol. The molecule has 0 fully saturated rings. The first-order valence-electron chi connectivity index (χ1n) is 9.06. The average molecular weight is 381 g/mol. The summed E-state index contributed by atoms with van der Waals surface area (Å²) in [6.45, 7) is 2.67. The van der Waals surface area contributed by atoms with Crippen LogP contribution in [0, 0.1) is 6.92 Å². The maximum atomic E-state index is 12.6. The highest BCUT2D eigenvalue weighted by Crippen LogP contribution is 2.25. The van der Waals surface area contributed by atoms with Crippen LogP contribution in [0.5, 0.6) is 0 Å². The van der Waals surface area contributed by atoms with E-state index in [-0.39, 0.29) is 18.3 Å². The smallest absolute Gasteiger partial charge is 0.375 e. The van der Waals surface area contributed by atoms with Crippen LogP contribution >= 0.6 is 0 Å². The number of amides is 1. The lowest BCUT2D eigenvalue weighted by Crippen LogP contribution is -2.36. The van der Waals surface area contributed by atoms with Gasteiger partial charge in [0.2, 0.25) is 5.76 Å². The monoisotopic (exact) mass is 381 g/mol. The van der Waals surface area contributed by atoms with Crippen molar-refractivity contribution in [1.29, 1.82) is 0 Å². The highest BCUT2D eigenvalue weighted by atomic mass is 16.5. The molecular formula is C22H23NO5. The van der Waals surface area contributed by atoms with Gasteiger partial charge in [0, 0.05) is 31.1 Å². The number of furan rings is 1. The van der Waals surface area contributed by atoms with Crippen LogP contribution in [0.25, 0.3) is 11.0 Å². The first-order chi connectivity index (χ1) is 13.6. The molecule has 146 valence electrons. The molecule has 0 aliphatic heterocycles.